The van der Waals surface area contributed by atoms with Crippen molar-refractivity contribution in [1.82, 2.24) is 25.2 Å². The van der Waals surface area contributed by atoms with Gasteiger partial charge in [-0.15, -0.1) is 0 Å². The van der Waals surface area contributed by atoms with Gasteiger partial charge < -0.3 is 21.3 Å². The Morgan fingerprint density at radius 3 is 2.91 bits per heavy atom. The second-order valence-corrected chi connectivity index (χ2v) is 8.76. The largest absolute Gasteiger partial charge is 0.383 e. The fraction of sp³-hybridized carbons (Fsp3) is 0.217. The molecule has 0 aromatic carbocycles. The van der Waals surface area contributed by atoms with E-state index in [4.69, 9.17) is 29.6 Å². The lowest BCUT2D eigenvalue weighted by molar-refractivity contribution is -0.112. The Kier molecular flexibility index (Phi) is 6.99. The van der Waals surface area contributed by atoms with Crippen LogP contribution >= 0.6 is 23.8 Å². The van der Waals surface area contributed by atoms with Crippen LogP contribution in [0.1, 0.15) is 19.3 Å². The van der Waals surface area contributed by atoms with Crippen LogP contribution in [-0.4, -0.2) is 50.4 Å². The summed E-state index contributed by atoms with van der Waals surface area (Å²) in [6.45, 7) is 0.480. The second-order valence-electron chi connectivity index (χ2n) is 7.86. The van der Waals surface area contributed by atoms with Crippen LogP contribution in [0.25, 0.3) is 22.0 Å². The number of nitrogen functional groups attached to an aromatic ring is 1. The van der Waals surface area contributed by atoms with E-state index in [0.29, 0.717) is 64.1 Å². The Bertz CT molecular complexity index is 1330. The first-order chi connectivity index (χ1) is 16.3. The molecular formula is C23H22ClN7O2S. The second kappa shape index (κ2) is 10.1. The maximum atomic E-state index is 12.7. The molecular weight excluding hydrogens is 474 g/mol. The average Bonchev–Trinajstić information content (AvgIpc) is 2.85. The van der Waals surface area contributed by atoms with Crippen LogP contribution in [-0.2, 0) is 4.79 Å². The van der Waals surface area contributed by atoms with Gasteiger partial charge in [0.05, 0.1) is 15.7 Å². The van der Waals surface area contributed by atoms with Crippen LogP contribution in [0.3, 0.4) is 0 Å². The van der Waals surface area contributed by atoms with Gasteiger partial charge in [-0.1, -0.05) is 29.4 Å². The van der Waals surface area contributed by atoms with E-state index in [2.05, 4.69) is 25.6 Å². The molecule has 4 rings (SSSR count). The molecule has 174 valence electrons. The minimum absolute atomic E-state index is 0.239. The van der Waals surface area contributed by atoms with Crippen LogP contribution in [0.4, 0.5) is 16.4 Å². The first-order valence-electron chi connectivity index (χ1n) is 10.5. The standard InChI is InChI=1S/C23H22ClN7O2S/c1-31-7-5-13(2-3-21(34)30-23(31)33)8-20(32)29-19-10-14-9-18(16-11-26-6-4-17(16)24)28-22(25)15(14)12-27-19/h4,6,8-12H,2-3,5,7H2,1H3,(H2,25,28)(H,27,29,32)(H,30,33,34)/b13-8+. The molecule has 4 N–H and O–H groups in total. The lowest BCUT2D eigenvalue weighted by atomic mass is 10.1. The Hall–Kier alpha value is -3.63. The maximum absolute atomic E-state index is 12.7. The Labute approximate surface area is 206 Å². The number of amides is 3. The van der Waals surface area contributed by atoms with Crippen molar-refractivity contribution in [3.63, 3.8) is 0 Å². The van der Waals surface area contributed by atoms with E-state index in [0.717, 1.165) is 11.0 Å². The van der Waals surface area contributed by atoms with E-state index >= 15 is 0 Å². The predicted octanol–water partition coefficient (Wildman–Crippen LogP) is 3.95. The third kappa shape index (κ3) is 5.46. The SMILES string of the molecule is CN1CC/C(=C/C(=O)Nc2cc3cc(-c4cnccc4Cl)nc(N)c3cn2)CCC(=S)NC1=O. The number of urea groups is 1. The first kappa shape index (κ1) is 23.5. The van der Waals surface area contributed by atoms with Crippen molar-refractivity contribution in [2.24, 2.45) is 0 Å². The van der Waals surface area contributed by atoms with Crippen LogP contribution in [0, 0.1) is 0 Å². The van der Waals surface area contributed by atoms with Crippen molar-refractivity contribution in [3.05, 3.63) is 53.5 Å². The van der Waals surface area contributed by atoms with Crippen molar-refractivity contribution in [2.75, 3.05) is 24.6 Å². The number of hydrogen-bond donors (Lipinski definition) is 3. The number of nitrogens with two attached hydrogens (primary N) is 1. The molecule has 0 unspecified atom stereocenters. The number of hydrogen-bond acceptors (Lipinski definition) is 7. The minimum Gasteiger partial charge on any atom is -0.383 e. The number of carbonyl (C=O) groups excluding carboxylic acids is 2. The van der Waals surface area contributed by atoms with Crippen molar-refractivity contribution in [3.8, 4) is 11.3 Å². The normalized spacial score (nSPS) is 16.1. The smallest absolute Gasteiger partial charge is 0.321 e. The summed E-state index contributed by atoms with van der Waals surface area (Å²) >= 11 is 11.5. The highest BCUT2D eigenvalue weighted by Gasteiger charge is 2.16. The van der Waals surface area contributed by atoms with Gasteiger partial charge in [0, 0.05) is 55.6 Å². The molecule has 0 atom stereocenters. The summed E-state index contributed by atoms with van der Waals surface area (Å²) in [4.78, 5) is 39.5. The number of fused-ring (bicyclic) bond motifs is 1. The molecule has 0 saturated carbocycles. The van der Waals surface area contributed by atoms with Crippen LogP contribution in [0.5, 0.6) is 0 Å². The van der Waals surface area contributed by atoms with E-state index in [1.54, 1.807) is 48.7 Å². The summed E-state index contributed by atoms with van der Waals surface area (Å²) < 4.78 is 0. The lowest BCUT2D eigenvalue weighted by Crippen LogP contribution is -2.39. The zero-order valence-electron chi connectivity index (χ0n) is 18.3. The molecule has 9 nitrogen and oxygen atoms in total. The molecule has 1 saturated heterocycles. The van der Waals surface area contributed by atoms with E-state index in [9.17, 15) is 9.59 Å². The molecule has 3 aromatic heterocycles. The van der Waals surface area contributed by atoms with Gasteiger partial charge in [-0.05, 0) is 36.4 Å². The number of anilines is 2. The van der Waals surface area contributed by atoms with E-state index in [1.165, 1.54) is 0 Å². The maximum Gasteiger partial charge on any atom is 0.321 e. The van der Waals surface area contributed by atoms with E-state index in [-0.39, 0.29) is 11.9 Å². The molecule has 4 heterocycles. The summed E-state index contributed by atoms with van der Waals surface area (Å²) in [5.41, 5.74) is 8.26. The van der Waals surface area contributed by atoms with Gasteiger partial charge in [0.15, 0.2) is 0 Å². The molecule has 34 heavy (non-hydrogen) atoms. The fourth-order valence-corrected chi connectivity index (χ4v) is 3.92. The first-order valence-corrected chi connectivity index (χ1v) is 11.3. The van der Waals surface area contributed by atoms with Gasteiger partial charge in [-0.25, -0.2) is 14.8 Å². The molecule has 0 spiro atoms. The number of halogens is 1. The Morgan fingerprint density at radius 2 is 2.12 bits per heavy atom. The Morgan fingerprint density at radius 1 is 1.29 bits per heavy atom. The molecule has 1 aliphatic rings. The predicted molar refractivity (Wildman–Crippen MR) is 137 cm³/mol. The minimum atomic E-state index is -0.313. The third-order valence-electron chi connectivity index (χ3n) is 5.41. The van der Waals surface area contributed by atoms with Crippen LogP contribution < -0.4 is 16.4 Å². The topological polar surface area (TPSA) is 126 Å². The highest BCUT2D eigenvalue weighted by Crippen LogP contribution is 2.30. The number of nitrogens with zero attached hydrogens (tertiary/aromatic N) is 4. The molecule has 0 radical (unpaired) electrons. The number of aromatic nitrogens is 3. The van der Waals surface area contributed by atoms with Crippen LogP contribution in [0.2, 0.25) is 5.02 Å². The van der Waals surface area contributed by atoms with Crippen molar-refractivity contribution in [1.29, 1.82) is 0 Å². The van der Waals surface area contributed by atoms with Gasteiger partial charge in [0.2, 0.25) is 5.91 Å². The molecule has 11 heteroatoms. The van der Waals surface area contributed by atoms with Crippen molar-refractivity contribution in [2.45, 2.75) is 19.3 Å². The molecule has 1 fully saturated rings. The number of rotatable bonds is 3. The van der Waals surface area contributed by atoms with Gasteiger partial charge in [-0.3, -0.25) is 9.78 Å². The van der Waals surface area contributed by atoms with Crippen molar-refractivity contribution < 1.29 is 9.59 Å². The highest BCUT2D eigenvalue weighted by molar-refractivity contribution is 7.80. The number of pyridine rings is 3. The Balaban J connectivity index is 1.56. The van der Waals surface area contributed by atoms with Gasteiger partial charge >= 0.3 is 6.03 Å². The van der Waals surface area contributed by atoms with Gasteiger partial charge in [-0.2, -0.15) is 0 Å². The molecule has 0 bridgehead atoms. The summed E-state index contributed by atoms with van der Waals surface area (Å²) in [5.74, 6) is 0.357. The van der Waals surface area contributed by atoms with Gasteiger partial charge in [0.1, 0.15) is 11.6 Å². The zero-order valence-corrected chi connectivity index (χ0v) is 19.9. The van der Waals surface area contributed by atoms with Gasteiger partial charge in [0.25, 0.3) is 0 Å². The fourth-order valence-electron chi connectivity index (χ4n) is 3.53. The summed E-state index contributed by atoms with van der Waals surface area (Å²) in [5, 5.41) is 7.39. The van der Waals surface area contributed by atoms with Crippen molar-refractivity contribution >= 4 is 63.2 Å². The molecule has 3 aromatic rings. The zero-order chi connectivity index (χ0) is 24.2. The average molecular weight is 496 g/mol. The van der Waals surface area contributed by atoms with E-state index in [1.807, 2.05) is 6.07 Å². The summed E-state index contributed by atoms with van der Waals surface area (Å²) in [6, 6.07) is 4.99. The summed E-state index contributed by atoms with van der Waals surface area (Å²) in [7, 11) is 1.69. The highest BCUT2D eigenvalue weighted by atomic mass is 35.5. The number of nitrogens with one attached hydrogen (secondary N) is 2. The monoisotopic (exact) mass is 495 g/mol. The molecule has 0 aliphatic carbocycles. The molecule has 3 amide bonds. The quantitative estimate of drug-likeness (QED) is 0.371. The number of carbonyl (C=O) groups is 2. The number of thiocarbonyl (C=S) groups is 1. The lowest BCUT2D eigenvalue weighted by Gasteiger charge is -2.16. The third-order valence-corrected chi connectivity index (χ3v) is 6.05. The molecule has 1 aliphatic heterocycles. The van der Waals surface area contributed by atoms with Crippen LogP contribution in [0.15, 0.2) is 48.4 Å². The van der Waals surface area contributed by atoms with E-state index < -0.39 is 0 Å². The summed E-state index contributed by atoms with van der Waals surface area (Å²) in [6.07, 6.45) is 7.98.